The molecule has 0 radical (unpaired) electrons. The van der Waals surface area contributed by atoms with E-state index in [-0.39, 0.29) is 38.3 Å². The average molecular weight is 461 g/mol. The zero-order valence-corrected chi connectivity index (χ0v) is 18.6. The topological polar surface area (TPSA) is 195 Å². The van der Waals surface area contributed by atoms with Gasteiger partial charge in [-0.1, -0.05) is 0 Å². The van der Waals surface area contributed by atoms with Crippen LogP contribution in [0.25, 0.3) is 0 Å². The van der Waals surface area contributed by atoms with Crippen molar-refractivity contribution in [1.82, 2.24) is 21.3 Å². The molecule has 13 heteroatoms. The number of Topliss-reactive ketones (excluding diaryl/α,β-unsaturated/α-hetero) is 1. The van der Waals surface area contributed by atoms with Crippen molar-refractivity contribution in [2.45, 2.75) is 51.4 Å². The lowest BCUT2D eigenvalue weighted by molar-refractivity contribution is -0.306. The van der Waals surface area contributed by atoms with Crippen LogP contribution in [0.5, 0.6) is 0 Å². The first-order valence-electron chi connectivity index (χ1n) is 10.1. The average Bonchev–Trinajstić information content (AvgIpc) is 2.68. The standard InChI is InChI=1S/C19H34N4O9/c1-12(24)4-5-20-16(26)10-14(22-13(2)25)19(30)23-15(11-17(27)28)18(29)21-6-7-32-9-8-31-3/h14-15,19,23,30H,4-11H2,1-3H3,(H,20,26)(H,21,29)(H,22,25)(H,27,28)/p-1. The maximum absolute atomic E-state index is 12.3. The molecular formula is C19H33N4O9-. The summed E-state index contributed by atoms with van der Waals surface area (Å²) in [6.07, 6.45) is -2.64. The molecule has 3 atom stereocenters. The number of carbonyl (C=O) groups excluding carboxylic acids is 5. The number of aliphatic hydroxyl groups excluding tert-OH is 1. The van der Waals surface area contributed by atoms with E-state index in [0.717, 1.165) is 0 Å². The van der Waals surface area contributed by atoms with Gasteiger partial charge in [0.15, 0.2) is 0 Å². The third-order valence-corrected chi connectivity index (χ3v) is 4.01. The molecule has 0 fully saturated rings. The minimum atomic E-state index is -1.63. The summed E-state index contributed by atoms with van der Waals surface area (Å²) in [4.78, 5) is 57.8. The molecule has 0 bridgehead atoms. The van der Waals surface area contributed by atoms with Gasteiger partial charge in [0.2, 0.25) is 17.7 Å². The van der Waals surface area contributed by atoms with Crippen molar-refractivity contribution in [3.8, 4) is 0 Å². The lowest BCUT2D eigenvalue weighted by Gasteiger charge is -2.28. The second-order valence-corrected chi connectivity index (χ2v) is 6.95. The molecule has 5 N–H and O–H groups in total. The summed E-state index contributed by atoms with van der Waals surface area (Å²) < 4.78 is 10.00. The third-order valence-electron chi connectivity index (χ3n) is 4.01. The SMILES string of the molecule is COCCOCCNC(=O)C(CC(=O)[O-])NC(O)C(CC(=O)NCCC(C)=O)NC(C)=O. The second-order valence-electron chi connectivity index (χ2n) is 6.95. The number of methoxy groups -OCH3 is 1. The number of rotatable bonds is 18. The molecule has 13 nitrogen and oxygen atoms in total. The highest BCUT2D eigenvalue weighted by molar-refractivity contribution is 5.85. The van der Waals surface area contributed by atoms with Crippen LogP contribution < -0.4 is 26.4 Å². The summed E-state index contributed by atoms with van der Waals surface area (Å²) in [5.41, 5.74) is 0. The van der Waals surface area contributed by atoms with Gasteiger partial charge in [0.05, 0.1) is 38.3 Å². The van der Waals surface area contributed by atoms with E-state index in [9.17, 15) is 34.2 Å². The molecule has 0 saturated heterocycles. The van der Waals surface area contributed by atoms with Crippen molar-refractivity contribution in [3.05, 3.63) is 0 Å². The monoisotopic (exact) mass is 461 g/mol. The Morgan fingerprint density at radius 3 is 2.22 bits per heavy atom. The Morgan fingerprint density at radius 2 is 1.66 bits per heavy atom. The molecule has 0 heterocycles. The van der Waals surface area contributed by atoms with Gasteiger partial charge in [-0.3, -0.25) is 24.5 Å². The smallest absolute Gasteiger partial charge is 0.237 e. The first-order valence-corrected chi connectivity index (χ1v) is 10.1. The quantitative estimate of drug-likeness (QED) is 0.0996. The summed E-state index contributed by atoms with van der Waals surface area (Å²) >= 11 is 0. The van der Waals surface area contributed by atoms with Gasteiger partial charge in [-0.25, -0.2) is 0 Å². The fourth-order valence-electron chi connectivity index (χ4n) is 2.48. The fraction of sp³-hybridized carbons (Fsp3) is 0.737. The molecule has 0 aliphatic rings. The molecule has 0 rings (SSSR count). The zero-order valence-electron chi connectivity index (χ0n) is 18.6. The Bertz CT molecular complexity index is 630. The van der Waals surface area contributed by atoms with Gasteiger partial charge < -0.3 is 40.4 Å². The predicted molar refractivity (Wildman–Crippen MR) is 109 cm³/mol. The third kappa shape index (κ3) is 15.2. The van der Waals surface area contributed by atoms with Crippen molar-refractivity contribution < 1.29 is 43.7 Å². The lowest BCUT2D eigenvalue weighted by atomic mass is 10.1. The Hall–Kier alpha value is -2.61. The minimum absolute atomic E-state index is 0.0809. The van der Waals surface area contributed by atoms with Gasteiger partial charge in [-0.05, 0) is 6.92 Å². The first-order chi connectivity index (χ1) is 15.1. The number of hydrogen-bond acceptors (Lipinski definition) is 10. The van der Waals surface area contributed by atoms with Gasteiger partial charge in [0, 0.05) is 45.9 Å². The van der Waals surface area contributed by atoms with Gasteiger partial charge in [0.1, 0.15) is 12.0 Å². The van der Waals surface area contributed by atoms with E-state index in [4.69, 9.17) is 9.47 Å². The van der Waals surface area contributed by atoms with Crippen molar-refractivity contribution >= 4 is 29.5 Å². The number of ether oxygens (including phenoxy) is 2. The van der Waals surface area contributed by atoms with Crippen molar-refractivity contribution in [1.29, 1.82) is 0 Å². The zero-order chi connectivity index (χ0) is 24.5. The number of amides is 3. The van der Waals surface area contributed by atoms with Crippen LogP contribution in [0.1, 0.15) is 33.1 Å². The van der Waals surface area contributed by atoms with Crippen LogP contribution >= 0.6 is 0 Å². The van der Waals surface area contributed by atoms with Gasteiger partial charge in [0.25, 0.3) is 0 Å². The van der Waals surface area contributed by atoms with E-state index < -0.39 is 48.4 Å². The van der Waals surface area contributed by atoms with Gasteiger partial charge in [-0.2, -0.15) is 0 Å². The highest BCUT2D eigenvalue weighted by atomic mass is 16.5. The number of carboxylic acid groups (broad SMARTS) is 1. The second kappa shape index (κ2) is 17.0. The van der Waals surface area contributed by atoms with Crippen molar-refractivity contribution in [2.24, 2.45) is 0 Å². The molecule has 3 amide bonds. The molecule has 0 aliphatic heterocycles. The van der Waals surface area contributed by atoms with E-state index in [1.165, 1.54) is 21.0 Å². The summed E-state index contributed by atoms with van der Waals surface area (Å²) in [6.45, 7) is 3.56. The van der Waals surface area contributed by atoms with Gasteiger partial charge in [-0.15, -0.1) is 0 Å². The summed E-state index contributed by atoms with van der Waals surface area (Å²) in [5, 5.41) is 31.2. The molecule has 0 spiro atoms. The number of hydrogen-bond donors (Lipinski definition) is 5. The molecule has 0 aliphatic carbocycles. The number of nitrogens with one attached hydrogen (secondary N) is 4. The minimum Gasteiger partial charge on any atom is -0.550 e. The number of ketones is 1. The Kier molecular flexibility index (Phi) is 15.6. The van der Waals surface area contributed by atoms with E-state index >= 15 is 0 Å². The molecule has 0 saturated carbocycles. The first kappa shape index (κ1) is 29.4. The van der Waals surface area contributed by atoms with Crippen molar-refractivity contribution in [3.63, 3.8) is 0 Å². The van der Waals surface area contributed by atoms with E-state index in [0.29, 0.717) is 13.2 Å². The highest BCUT2D eigenvalue weighted by Gasteiger charge is 2.28. The van der Waals surface area contributed by atoms with E-state index in [1.54, 1.807) is 0 Å². The van der Waals surface area contributed by atoms with Crippen LogP contribution in [0.15, 0.2) is 0 Å². The summed E-state index contributed by atoms with van der Waals surface area (Å²) in [6, 6.07) is -2.56. The maximum Gasteiger partial charge on any atom is 0.237 e. The van der Waals surface area contributed by atoms with Crippen LogP contribution in [0.3, 0.4) is 0 Å². The summed E-state index contributed by atoms with van der Waals surface area (Å²) in [7, 11) is 1.51. The van der Waals surface area contributed by atoms with Crippen LogP contribution in [-0.2, 0) is 33.4 Å². The molecule has 32 heavy (non-hydrogen) atoms. The predicted octanol–water partition coefficient (Wildman–Crippen LogP) is -3.83. The molecule has 0 aromatic rings. The maximum atomic E-state index is 12.3. The Balaban J connectivity index is 4.92. The highest BCUT2D eigenvalue weighted by Crippen LogP contribution is 2.02. The van der Waals surface area contributed by atoms with E-state index in [1.807, 2.05) is 0 Å². The van der Waals surface area contributed by atoms with Crippen LogP contribution in [0.4, 0.5) is 0 Å². The van der Waals surface area contributed by atoms with Crippen LogP contribution in [0, 0.1) is 0 Å². The molecule has 0 aromatic carbocycles. The van der Waals surface area contributed by atoms with Gasteiger partial charge >= 0.3 is 0 Å². The number of carbonyl (C=O) groups is 5. The Labute approximate surface area is 186 Å². The molecule has 184 valence electrons. The lowest BCUT2D eigenvalue weighted by Crippen LogP contribution is -2.58. The van der Waals surface area contributed by atoms with Crippen molar-refractivity contribution in [2.75, 3.05) is 40.0 Å². The fourth-order valence-corrected chi connectivity index (χ4v) is 2.48. The largest absolute Gasteiger partial charge is 0.550 e. The number of aliphatic hydroxyl groups is 1. The number of carboxylic acids is 1. The van der Waals surface area contributed by atoms with Crippen LogP contribution in [-0.4, -0.2) is 92.9 Å². The molecular weight excluding hydrogens is 428 g/mol. The van der Waals surface area contributed by atoms with E-state index in [2.05, 4.69) is 21.3 Å². The summed E-state index contributed by atoms with van der Waals surface area (Å²) in [5.74, 6) is -3.51. The molecule has 3 unspecified atom stereocenters. The normalized spacial score (nSPS) is 13.5. The number of aliphatic carboxylic acids is 1. The van der Waals surface area contributed by atoms with Crippen LogP contribution in [0.2, 0.25) is 0 Å². The molecule has 0 aromatic heterocycles. The Morgan fingerprint density at radius 1 is 0.969 bits per heavy atom.